The molecule has 0 bridgehead atoms. The molecule has 0 spiro atoms. The van der Waals surface area contributed by atoms with Crippen molar-refractivity contribution in [3.8, 4) is 0 Å². The second kappa shape index (κ2) is 5.16. The van der Waals surface area contributed by atoms with E-state index in [-0.39, 0.29) is 4.90 Å². The molecule has 0 saturated carbocycles. The molecule has 1 unspecified atom stereocenters. The summed E-state index contributed by atoms with van der Waals surface area (Å²) in [6.07, 6.45) is 0. The summed E-state index contributed by atoms with van der Waals surface area (Å²) in [7, 11) is -3.84. The van der Waals surface area contributed by atoms with Crippen molar-refractivity contribution < 1.29 is 18.3 Å². The Hall–Kier alpha value is -0.920. The number of sulfonamides is 1. The predicted molar refractivity (Wildman–Crippen MR) is 66.3 cm³/mol. The van der Waals surface area contributed by atoms with Gasteiger partial charge in [0.15, 0.2) is 0 Å². The molecule has 0 saturated heterocycles. The maximum absolute atomic E-state index is 11.9. The summed E-state index contributed by atoms with van der Waals surface area (Å²) in [4.78, 5) is 10.7. The molecule has 0 aliphatic rings. The molecule has 0 aliphatic heterocycles. The molecule has 17 heavy (non-hydrogen) atoms. The molecule has 2 N–H and O–H groups in total. The van der Waals surface area contributed by atoms with Gasteiger partial charge in [-0.05, 0) is 47.5 Å². The highest BCUT2D eigenvalue weighted by atomic mass is 79.9. The van der Waals surface area contributed by atoms with Gasteiger partial charge in [0.1, 0.15) is 6.04 Å². The maximum atomic E-state index is 11.9. The van der Waals surface area contributed by atoms with E-state index in [1.165, 1.54) is 13.0 Å². The van der Waals surface area contributed by atoms with E-state index in [2.05, 4.69) is 20.7 Å². The third-order valence-electron chi connectivity index (χ3n) is 2.08. The average Bonchev–Trinajstić information content (AvgIpc) is 2.20. The molecule has 5 nitrogen and oxygen atoms in total. The van der Waals surface area contributed by atoms with Gasteiger partial charge in [0, 0.05) is 4.47 Å². The minimum atomic E-state index is -3.84. The van der Waals surface area contributed by atoms with Crippen LogP contribution < -0.4 is 4.72 Å². The van der Waals surface area contributed by atoms with Crippen LogP contribution in [0.4, 0.5) is 0 Å². The molecule has 0 aromatic heterocycles. The van der Waals surface area contributed by atoms with Gasteiger partial charge in [0.25, 0.3) is 0 Å². The Morgan fingerprint density at radius 1 is 1.47 bits per heavy atom. The standard InChI is InChI=1S/C10H12BrNO4S/c1-6-3-4-8(11)9(5-6)17(15,16)12-7(2)10(13)14/h3-5,7,12H,1-2H3,(H,13,14). The molecule has 1 aromatic rings. The second-order valence-corrected chi connectivity index (χ2v) is 6.15. The number of carboxylic acid groups (broad SMARTS) is 1. The zero-order valence-corrected chi connectivity index (χ0v) is 11.7. The summed E-state index contributed by atoms with van der Waals surface area (Å²) in [5, 5.41) is 8.68. The van der Waals surface area contributed by atoms with E-state index < -0.39 is 22.0 Å². The number of hydrogen-bond donors (Lipinski definition) is 2. The Kier molecular flexibility index (Phi) is 4.29. The SMILES string of the molecule is Cc1ccc(Br)c(S(=O)(=O)NC(C)C(=O)O)c1. The summed E-state index contributed by atoms with van der Waals surface area (Å²) in [6.45, 7) is 3.02. The first-order chi connectivity index (χ1) is 7.74. The predicted octanol–water partition coefficient (Wildman–Crippen LogP) is 1.51. The Bertz CT molecular complexity index is 541. The lowest BCUT2D eigenvalue weighted by atomic mass is 10.2. The van der Waals surface area contributed by atoms with Gasteiger partial charge in [0.05, 0.1) is 4.90 Å². The molecule has 1 rings (SSSR count). The van der Waals surface area contributed by atoms with Crippen molar-refractivity contribution in [2.45, 2.75) is 24.8 Å². The molecular weight excluding hydrogens is 310 g/mol. The van der Waals surface area contributed by atoms with Crippen LogP contribution in [0.15, 0.2) is 27.6 Å². The highest BCUT2D eigenvalue weighted by Crippen LogP contribution is 2.23. The lowest BCUT2D eigenvalue weighted by Gasteiger charge is -2.11. The van der Waals surface area contributed by atoms with Gasteiger partial charge < -0.3 is 5.11 Å². The first-order valence-electron chi connectivity index (χ1n) is 4.75. The second-order valence-electron chi connectivity index (χ2n) is 3.62. The maximum Gasteiger partial charge on any atom is 0.321 e. The molecule has 0 radical (unpaired) electrons. The number of aliphatic carboxylic acids is 1. The van der Waals surface area contributed by atoms with Crippen LogP contribution in [0.3, 0.4) is 0 Å². The molecule has 1 aromatic carbocycles. The lowest BCUT2D eigenvalue weighted by molar-refractivity contribution is -0.138. The van der Waals surface area contributed by atoms with Crippen molar-refractivity contribution in [1.82, 2.24) is 4.72 Å². The van der Waals surface area contributed by atoms with Crippen molar-refractivity contribution in [3.63, 3.8) is 0 Å². The van der Waals surface area contributed by atoms with Crippen molar-refractivity contribution in [3.05, 3.63) is 28.2 Å². The minimum Gasteiger partial charge on any atom is -0.480 e. The van der Waals surface area contributed by atoms with E-state index in [1.54, 1.807) is 19.1 Å². The fourth-order valence-electron chi connectivity index (χ4n) is 1.16. The Morgan fingerprint density at radius 2 is 2.06 bits per heavy atom. The van der Waals surface area contributed by atoms with Gasteiger partial charge in [-0.25, -0.2) is 8.42 Å². The monoisotopic (exact) mass is 321 g/mol. The highest BCUT2D eigenvalue weighted by molar-refractivity contribution is 9.10. The van der Waals surface area contributed by atoms with Crippen molar-refractivity contribution in [1.29, 1.82) is 0 Å². The zero-order valence-electron chi connectivity index (χ0n) is 9.27. The third kappa shape index (κ3) is 3.52. The number of carboxylic acids is 1. The van der Waals surface area contributed by atoms with E-state index in [0.29, 0.717) is 4.47 Å². The fraction of sp³-hybridized carbons (Fsp3) is 0.300. The van der Waals surface area contributed by atoms with Crippen LogP contribution in [-0.2, 0) is 14.8 Å². The Labute approximate surface area is 108 Å². The highest BCUT2D eigenvalue weighted by Gasteiger charge is 2.23. The van der Waals surface area contributed by atoms with E-state index in [4.69, 9.17) is 5.11 Å². The summed E-state index contributed by atoms with van der Waals surface area (Å²) in [5.74, 6) is -1.22. The van der Waals surface area contributed by atoms with Crippen molar-refractivity contribution in [2.75, 3.05) is 0 Å². The zero-order chi connectivity index (χ0) is 13.2. The van der Waals surface area contributed by atoms with E-state index >= 15 is 0 Å². The van der Waals surface area contributed by atoms with Crippen LogP contribution >= 0.6 is 15.9 Å². The first kappa shape index (κ1) is 14.1. The third-order valence-corrected chi connectivity index (χ3v) is 4.61. The first-order valence-corrected chi connectivity index (χ1v) is 7.03. The minimum absolute atomic E-state index is 0.0330. The lowest BCUT2D eigenvalue weighted by Crippen LogP contribution is -2.38. The Balaban J connectivity index is 3.13. The molecule has 0 heterocycles. The molecule has 0 amide bonds. The van der Waals surface area contributed by atoms with Crippen LogP contribution in [0, 0.1) is 6.92 Å². The summed E-state index contributed by atoms with van der Waals surface area (Å²) in [5.41, 5.74) is 0.775. The number of hydrogen-bond acceptors (Lipinski definition) is 3. The van der Waals surface area contributed by atoms with Crippen LogP contribution in [-0.4, -0.2) is 25.5 Å². The van der Waals surface area contributed by atoms with Gasteiger partial charge in [-0.3, -0.25) is 4.79 Å². The summed E-state index contributed by atoms with van der Waals surface area (Å²) in [6, 6.07) is 3.66. The van der Waals surface area contributed by atoms with Crippen molar-refractivity contribution >= 4 is 31.9 Å². The number of nitrogens with one attached hydrogen (secondary N) is 1. The number of aryl methyl sites for hydroxylation is 1. The topological polar surface area (TPSA) is 83.5 Å². The van der Waals surface area contributed by atoms with Crippen LogP contribution in [0.2, 0.25) is 0 Å². The molecule has 0 aliphatic carbocycles. The number of rotatable bonds is 4. The van der Waals surface area contributed by atoms with Gasteiger partial charge in [-0.1, -0.05) is 6.07 Å². The van der Waals surface area contributed by atoms with Crippen LogP contribution in [0.5, 0.6) is 0 Å². The fourth-order valence-corrected chi connectivity index (χ4v) is 3.41. The number of halogens is 1. The van der Waals surface area contributed by atoms with Crippen molar-refractivity contribution in [2.24, 2.45) is 0 Å². The quantitative estimate of drug-likeness (QED) is 0.880. The molecule has 0 fully saturated rings. The normalized spacial score (nSPS) is 13.4. The smallest absolute Gasteiger partial charge is 0.321 e. The van der Waals surface area contributed by atoms with Crippen LogP contribution in [0.25, 0.3) is 0 Å². The number of carbonyl (C=O) groups is 1. The number of benzene rings is 1. The van der Waals surface area contributed by atoms with E-state index in [0.717, 1.165) is 5.56 Å². The molecule has 1 atom stereocenters. The largest absolute Gasteiger partial charge is 0.480 e. The van der Waals surface area contributed by atoms with E-state index in [9.17, 15) is 13.2 Å². The van der Waals surface area contributed by atoms with Gasteiger partial charge in [0.2, 0.25) is 10.0 Å². The van der Waals surface area contributed by atoms with E-state index in [1.807, 2.05) is 0 Å². The van der Waals surface area contributed by atoms with Gasteiger partial charge >= 0.3 is 5.97 Å². The van der Waals surface area contributed by atoms with Gasteiger partial charge in [-0.15, -0.1) is 0 Å². The Morgan fingerprint density at radius 3 is 2.59 bits per heavy atom. The molecule has 7 heteroatoms. The summed E-state index contributed by atoms with van der Waals surface area (Å²) < 4.78 is 26.3. The summed E-state index contributed by atoms with van der Waals surface area (Å²) >= 11 is 3.13. The average molecular weight is 322 g/mol. The molecule has 94 valence electrons. The van der Waals surface area contributed by atoms with Gasteiger partial charge in [-0.2, -0.15) is 4.72 Å². The van der Waals surface area contributed by atoms with Crippen LogP contribution in [0.1, 0.15) is 12.5 Å². The molecular formula is C10H12BrNO4S.